The molecular weight excluding hydrogens is 362 g/mol. The first kappa shape index (κ1) is 19.1. The Kier molecular flexibility index (Phi) is 5.91. The standard InChI is InChI=1S/C20H23N3O3S/c1-13(2)18(22-19(25)16-8-5-11-27-16)20(26)21-14-6-3-7-15(12-14)23-10-4-9-17(23)24/h3,5-8,11-13,18H,4,9-10H2,1-2H3,(H,21,26)(H,22,25)/t18-/m1/s1. The van der Waals surface area contributed by atoms with E-state index in [0.717, 1.165) is 12.1 Å². The average molecular weight is 385 g/mol. The molecule has 1 aliphatic rings. The summed E-state index contributed by atoms with van der Waals surface area (Å²) >= 11 is 1.34. The zero-order valence-corrected chi connectivity index (χ0v) is 16.2. The highest BCUT2D eigenvalue weighted by molar-refractivity contribution is 7.12. The van der Waals surface area contributed by atoms with Crippen LogP contribution < -0.4 is 15.5 Å². The molecule has 1 aromatic carbocycles. The van der Waals surface area contributed by atoms with Crippen molar-refractivity contribution in [2.24, 2.45) is 5.92 Å². The Labute approximate surface area is 162 Å². The molecule has 7 heteroatoms. The lowest BCUT2D eigenvalue weighted by molar-refractivity contribution is -0.119. The third-order valence-electron chi connectivity index (χ3n) is 4.48. The van der Waals surface area contributed by atoms with Crippen molar-refractivity contribution in [2.45, 2.75) is 32.7 Å². The molecule has 2 heterocycles. The van der Waals surface area contributed by atoms with E-state index in [1.807, 2.05) is 31.4 Å². The summed E-state index contributed by atoms with van der Waals surface area (Å²) in [6.07, 6.45) is 1.40. The Hall–Kier alpha value is -2.67. The minimum absolute atomic E-state index is 0.0720. The molecule has 3 amide bonds. The zero-order chi connectivity index (χ0) is 19.4. The molecule has 0 spiro atoms. The Balaban J connectivity index is 1.70. The second-order valence-corrected chi connectivity index (χ2v) is 7.81. The molecule has 0 unspecified atom stereocenters. The van der Waals surface area contributed by atoms with E-state index in [4.69, 9.17) is 0 Å². The van der Waals surface area contributed by atoms with E-state index in [1.165, 1.54) is 11.3 Å². The lowest BCUT2D eigenvalue weighted by atomic mass is 10.0. The first-order chi connectivity index (χ1) is 13.0. The van der Waals surface area contributed by atoms with Crippen molar-refractivity contribution in [1.82, 2.24) is 5.32 Å². The van der Waals surface area contributed by atoms with Gasteiger partial charge in [0.2, 0.25) is 11.8 Å². The van der Waals surface area contributed by atoms with Crippen molar-refractivity contribution in [3.63, 3.8) is 0 Å². The van der Waals surface area contributed by atoms with Gasteiger partial charge in [0, 0.05) is 24.3 Å². The maximum Gasteiger partial charge on any atom is 0.262 e. The number of nitrogens with one attached hydrogen (secondary N) is 2. The van der Waals surface area contributed by atoms with Gasteiger partial charge in [-0.05, 0) is 42.0 Å². The van der Waals surface area contributed by atoms with Crippen molar-refractivity contribution >= 4 is 40.4 Å². The van der Waals surface area contributed by atoms with Gasteiger partial charge in [-0.2, -0.15) is 0 Å². The number of hydrogen-bond donors (Lipinski definition) is 2. The summed E-state index contributed by atoms with van der Waals surface area (Å²) in [7, 11) is 0. The largest absolute Gasteiger partial charge is 0.339 e. The molecule has 2 N–H and O–H groups in total. The molecule has 0 bridgehead atoms. The van der Waals surface area contributed by atoms with Crippen LogP contribution in [0.4, 0.5) is 11.4 Å². The summed E-state index contributed by atoms with van der Waals surface area (Å²) in [6.45, 7) is 4.47. The van der Waals surface area contributed by atoms with Gasteiger partial charge in [0.05, 0.1) is 4.88 Å². The number of carbonyl (C=O) groups excluding carboxylic acids is 3. The van der Waals surface area contributed by atoms with Crippen molar-refractivity contribution in [3.8, 4) is 0 Å². The summed E-state index contributed by atoms with van der Waals surface area (Å²) in [5, 5.41) is 7.50. The van der Waals surface area contributed by atoms with Gasteiger partial charge in [-0.15, -0.1) is 11.3 Å². The lowest BCUT2D eigenvalue weighted by Crippen LogP contribution is -2.46. The smallest absolute Gasteiger partial charge is 0.262 e. The molecule has 6 nitrogen and oxygen atoms in total. The van der Waals surface area contributed by atoms with Crippen LogP contribution >= 0.6 is 11.3 Å². The van der Waals surface area contributed by atoms with Crippen molar-refractivity contribution in [1.29, 1.82) is 0 Å². The molecule has 1 saturated heterocycles. The van der Waals surface area contributed by atoms with E-state index in [-0.39, 0.29) is 23.6 Å². The molecule has 1 aromatic heterocycles. The van der Waals surface area contributed by atoms with Crippen molar-refractivity contribution < 1.29 is 14.4 Å². The van der Waals surface area contributed by atoms with Crippen molar-refractivity contribution in [2.75, 3.05) is 16.8 Å². The monoisotopic (exact) mass is 385 g/mol. The van der Waals surface area contributed by atoms with Gasteiger partial charge in [-0.25, -0.2) is 0 Å². The molecule has 27 heavy (non-hydrogen) atoms. The fourth-order valence-electron chi connectivity index (χ4n) is 3.05. The minimum Gasteiger partial charge on any atom is -0.339 e. The normalized spacial score (nSPS) is 15.1. The molecule has 3 rings (SSSR count). The fourth-order valence-corrected chi connectivity index (χ4v) is 3.67. The molecule has 142 valence electrons. The van der Waals surface area contributed by atoms with Crippen LogP contribution in [-0.2, 0) is 9.59 Å². The first-order valence-electron chi connectivity index (χ1n) is 9.01. The van der Waals surface area contributed by atoms with Gasteiger partial charge in [0.1, 0.15) is 6.04 Å². The molecule has 0 saturated carbocycles. The highest BCUT2D eigenvalue weighted by atomic mass is 32.1. The van der Waals surface area contributed by atoms with Gasteiger partial charge >= 0.3 is 0 Å². The average Bonchev–Trinajstić information content (AvgIpc) is 3.31. The van der Waals surface area contributed by atoms with Crippen molar-refractivity contribution in [3.05, 3.63) is 46.7 Å². The molecule has 0 radical (unpaired) electrons. The number of benzene rings is 1. The molecule has 0 aliphatic carbocycles. The predicted molar refractivity (Wildman–Crippen MR) is 107 cm³/mol. The minimum atomic E-state index is -0.656. The maximum absolute atomic E-state index is 12.8. The number of rotatable bonds is 6. The number of carbonyl (C=O) groups is 3. The van der Waals surface area contributed by atoms with E-state index in [2.05, 4.69) is 10.6 Å². The predicted octanol–water partition coefficient (Wildman–Crippen LogP) is 3.27. The van der Waals surface area contributed by atoms with Crippen LogP contribution in [-0.4, -0.2) is 30.3 Å². The molecular formula is C20H23N3O3S. The van der Waals surface area contributed by atoms with Crippen LogP contribution in [0.3, 0.4) is 0 Å². The zero-order valence-electron chi connectivity index (χ0n) is 15.4. The topological polar surface area (TPSA) is 78.5 Å². The molecule has 1 atom stereocenters. The van der Waals surface area contributed by atoms with Gasteiger partial charge in [-0.1, -0.05) is 26.0 Å². The Morgan fingerprint density at radius 3 is 2.63 bits per heavy atom. The summed E-state index contributed by atoms with van der Waals surface area (Å²) in [4.78, 5) is 39.3. The summed E-state index contributed by atoms with van der Waals surface area (Å²) in [5.74, 6) is -0.505. The SMILES string of the molecule is CC(C)[C@@H](NC(=O)c1cccs1)C(=O)Nc1cccc(N2CCCC2=O)c1. The van der Waals surface area contributed by atoms with Gasteiger partial charge in [0.15, 0.2) is 0 Å². The number of hydrogen-bond acceptors (Lipinski definition) is 4. The van der Waals surface area contributed by atoms with E-state index in [9.17, 15) is 14.4 Å². The third-order valence-corrected chi connectivity index (χ3v) is 5.35. The van der Waals surface area contributed by atoms with Crippen LogP contribution in [0.1, 0.15) is 36.4 Å². The number of anilines is 2. The first-order valence-corrected chi connectivity index (χ1v) is 9.89. The van der Waals surface area contributed by atoms with Crippen LogP contribution in [0.5, 0.6) is 0 Å². The Morgan fingerprint density at radius 2 is 2.00 bits per heavy atom. The summed E-state index contributed by atoms with van der Waals surface area (Å²) < 4.78 is 0. The highest BCUT2D eigenvalue weighted by Gasteiger charge is 2.26. The molecule has 2 aromatic rings. The van der Waals surface area contributed by atoms with Crippen LogP contribution in [0.15, 0.2) is 41.8 Å². The third kappa shape index (κ3) is 4.54. The lowest BCUT2D eigenvalue weighted by Gasteiger charge is -2.22. The fraction of sp³-hybridized carbons (Fsp3) is 0.350. The van der Waals surface area contributed by atoms with Crippen LogP contribution in [0.2, 0.25) is 0 Å². The second-order valence-electron chi connectivity index (χ2n) is 6.86. The van der Waals surface area contributed by atoms with Gasteiger partial charge in [0.25, 0.3) is 5.91 Å². The molecule has 1 aliphatic heterocycles. The van der Waals surface area contributed by atoms with E-state index < -0.39 is 6.04 Å². The van der Waals surface area contributed by atoms with Crippen LogP contribution in [0, 0.1) is 5.92 Å². The number of thiophene rings is 1. The van der Waals surface area contributed by atoms with E-state index in [0.29, 0.717) is 23.5 Å². The van der Waals surface area contributed by atoms with Gasteiger partial charge in [-0.3, -0.25) is 14.4 Å². The molecule has 1 fully saturated rings. The maximum atomic E-state index is 12.8. The van der Waals surface area contributed by atoms with Crippen LogP contribution in [0.25, 0.3) is 0 Å². The summed E-state index contributed by atoms with van der Waals surface area (Å²) in [5.41, 5.74) is 1.38. The number of amides is 3. The Morgan fingerprint density at radius 1 is 1.19 bits per heavy atom. The highest BCUT2D eigenvalue weighted by Crippen LogP contribution is 2.24. The number of nitrogens with zero attached hydrogens (tertiary/aromatic N) is 1. The van der Waals surface area contributed by atoms with E-state index in [1.54, 1.807) is 29.2 Å². The van der Waals surface area contributed by atoms with E-state index >= 15 is 0 Å². The second kappa shape index (κ2) is 8.35. The van der Waals surface area contributed by atoms with Gasteiger partial charge < -0.3 is 15.5 Å². The summed E-state index contributed by atoms with van der Waals surface area (Å²) in [6, 6.07) is 10.1. The quantitative estimate of drug-likeness (QED) is 0.801. The Bertz CT molecular complexity index is 833.